The zero-order valence-corrected chi connectivity index (χ0v) is 19.1. The molecule has 1 fully saturated rings. The van der Waals surface area contributed by atoms with Crippen LogP contribution in [0.25, 0.3) is 0 Å². The van der Waals surface area contributed by atoms with Crippen molar-refractivity contribution in [1.29, 1.82) is 0 Å². The number of rotatable bonds is 6. The van der Waals surface area contributed by atoms with Crippen molar-refractivity contribution in [3.63, 3.8) is 0 Å². The molecule has 0 bridgehead atoms. The lowest BCUT2D eigenvalue weighted by Gasteiger charge is -2.33. The number of benzene rings is 2. The first kappa shape index (κ1) is 24.9. The predicted molar refractivity (Wildman–Crippen MR) is 124 cm³/mol. The Labute approximate surface area is 203 Å². The van der Waals surface area contributed by atoms with Gasteiger partial charge in [-0.05, 0) is 30.3 Å². The van der Waals surface area contributed by atoms with E-state index in [1.54, 1.807) is 6.07 Å². The van der Waals surface area contributed by atoms with E-state index in [0.29, 0.717) is 43.4 Å². The van der Waals surface area contributed by atoms with Gasteiger partial charge >= 0.3 is 6.18 Å². The summed E-state index contributed by atoms with van der Waals surface area (Å²) in [5, 5.41) is 16.1. The fourth-order valence-electron chi connectivity index (χ4n) is 3.58. The number of guanidine groups is 1. The molecule has 0 spiro atoms. The number of nitrogens with one attached hydrogen (secondary N) is 4. The molecule has 1 saturated heterocycles. The molecule has 0 atom stereocenters. The third-order valence-electron chi connectivity index (χ3n) is 5.30. The van der Waals surface area contributed by atoms with Crippen LogP contribution in [0.3, 0.4) is 0 Å². The van der Waals surface area contributed by atoms with Crippen molar-refractivity contribution in [2.75, 3.05) is 38.2 Å². The van der Waals surface area contributed by atoms with Crippen molar-refractivity contribution in [2.24, 2.45) is 4.99 Å². The van der Waals surface area contributed by atoms with Crippen LogP contribution in [0.5, 0.6) is 5.75 Å². The molecule has 0 saturated carbocycles. The lowest BCUT2D eigenvalue weighted by molar-refractivity contribution is -0.137. The number of ether oxygens (including phenoxy) is 1. The number of morpholine rings is 1. The van der Waals surface area contributed by atoms with E-state index < -0.39 is 11.7 Å². The summed E-state index contributed by atoms with van der Waals surface area (Å²) in [4.78, 5) is 5.91. The Kier molecular flexibility index (Phi) is 7.53. The molecule has 0 amide bonds. The van der Waals surface area contributed by atoms with Crippen LogP contribution >= 0.6 is 11.6 Å². The fraction of sp³-hybridized carbons (Fsp3) is 0.318. The molecule has 8 nitrogen and oxygen atoms in total. The summed E-state index contributed by atoms with van der Waals surface area (Å²) in [6, 6.07) is 7.68. The van der Waals surface area contributed by atoms with Gasteiger partial charge in [-0.3, -0.25) is 5.43 Å². The molecule has 2 aromatic carbocycles. The Hall–Kier alpha value is -3.22. The largest absolute Gasteiger partial charge is 0.506 e. The third-order valence-corrected chi connectivity index (χ3v) is 5.59. The van der Waals surface area contributed by atoms with E-state index in [1.165, 1.54) is 18.2 Å². The maximum atomic E-state index is 14.3. The average molecular weight is 515 g/mol. The molecule has 5 N–H and O–H groups in total. The standard InChI is InChI=1S/C22H23ClF4N6O2/c23-17-10-16(30-15-3-1-2-14(9-15)22(25,26)27)8-13(19(17)34)11-29-32-21-28-12-18(24)20(31-21)33-4-6-35-7-5-33/h1-3,8-10,29-30,34H,4-7,11-12H2,(H2,28,31,32). The Morgan fingerprint density at radius 2 is 1.91 bits per heavy atom. The number of hydrogen-bond acceptors (Lipinski definition) is 8. The van der Waals surface area contributed by atoms with Crippen LogP contribution in [0.2, 0.25) is 5.02 Å². The second-order valence-electron chi connectivity index (χ2n) is 7.79. The molecule has 4 rings (SSSR count). The summed E-state index contributed by atoms with van der Waals surface area (Å²) < 4.78 is 58.5. The van der Waals surface area contributed by atoms with Crippen molar-refractivity contribution >= 4 is 28.9 Å². The number of nitrogens with zero attached hydrogens (tertiary/aromatic N) is 2. The number of hydrazine groups is 1. The molecule has 0 unspecified atom stereocenters. The zero-order valence-electron chi connectivity index (χ0n) is 18.3. The van der Waals surface area contributed by atoms with Crippen molar-refractivity contribution < 1.29 is 27.4 Å². The van der Waals surface area contributed by atoms with E-state index in [2.05, 4.69) is 26.5 Å². The molecular formula is C22H23ClF4N6O2. The number of phenolic OH excluding ortho intramolecular Hbond substituents is 1. The SMILES string of the molecule is Oc1c(Cl)cc(Nc2cccc(C(F)(F)F)c2)cc1CNNC1=NCC(F)=C(N2CCOCC2)N1. The lowest BCUT2D eigenvalue weighted by atomic mass is 10.1. The quantitative estimate of drug-likeness (QED) is 0.227. The number of phenols is 1. The van der Waals surface area contributed by atoms with Crippen LogP contribution in [-0.4, -0.2) is 48.8 Å². The first-order chi connectivity index (χ1) is 16.7. The van der Waals surface area contributed by atoms with Crippen LogP contribution in [0.15, 0.2) is 53.0 Å². The normalized spacial score (nSPS) is 16.6. The Bertz CT molecular complexity index is 1140. The highest BCUT2D eigenvalue weighted by Gasteiger charge is 2.30. The zero-order chi connectivity index (χ0) is 25.0. The highest BCUT2D eigenvalue weighted by atomic mass is 35.5. The first-order valence-electron chi connectivity index (χ1n) is 10.7. The number of alkyl halides is 3. The van der Waals surface area contributed by atoms with Crippen molar-refractivity contribution in [2.45, 2.75) is 12.7 Å². The fourth-order valence-corrected chi connectivity index (χ4v) is 3.82. The molecule has 188 valence electrons. The minimum Gasteiger partial charge on any atom is -0.506 e. The molecule has 13 heteroatoms. The van der Waals surface area contributed by atoms with E-state index in [-0.39, 0.29) is 41.3 Å². The minimum absolute atomic E-state index is 0.0199. The van der Waals surface area contributed by atoms with Crippen molar-refractivity contribution in [3.05, 3.63) is 64.2 Å². The van der Waals surface area contributed by atoms with E-state index in [9.17, 15) is 22.7 Å². The molecule has 2 aliphatic rings. The molecule has 35 heavy (non-hydrogen) atoms. The maximum absolute atomic E-state index is 14.3. The van der Waals surface area contributed by atoms with Gasteiger partial charge in [0.1, 0.15) is 11.6 Å². The Morgan fingerprint density at radius 3 is 2.66 bits per heavy atom. The molecule has 0 aliphatic carbocycles. The van der Waals surface area contributed by atoms with Gasteiger partial charge in [-0.25, -0.2) is 14.8 Å². The molecule has 2 heterocycles. The van der Waals surface area contributed by atoms with Crippen LogP contribution < -0.4 is 21.5 Å². The molecule has 0 aromatic heterocycles. The van der Waals surface area contributed by atoms with Gasteiger partial charge in [-0.15, -0.1) is 0 Å². The summed E-state index contributed by atoms with van der Waals surface area (Å²) in [5.74, 6) is 0.0480. The summed E-state index contributed by atoms with van der Waals surface area (Å²) >= 11 is 6.12. The number of aromatic hydroxyl groups is 1. The van der Waals surface area contributed by atoms with Gasteiger partial charge in [0.05, 0.1) is 30.3 Å². The van der Waals surface area contributed by atoms with Crippen molar-refractivity contribution in [3.8, 4) is 5.75 Å². The summed E-state index contributed by atoms with van der Waals surface area (Å²) in [7, 11) is 0. The Balaban J connectivity index is 1.38. The summed E-state index contributed by atoms with van der Waals surface area (Å²) in [6.45, 7) is 2.05. The minimum atomic E-state index is -4.47. The summed E-state index contributed by atoms with van der Waals surface area (Å²) in [5.41, 5.74) is 5.88. The lowest BCUT2D eigenvalue weighted by Crippen LogP contribution is -2.51. The van der Waals surface area contributed by atoms with E-state index in [4.69, 9.17) is 16.3 Å². The smallest absolute Gasteiger partial charge is 0.416 e. The third kappa shape index (κ3) is 6.27. The van der Waals surface area contributed by atoms with Gasteiger partial charge < -0.3 is 25.4 Å². The second-order valence-corrected chi connectivity index (χ2v) is 8.20. The van der Waals surface area contributed by atoms with Crippen LogP contribution in [-0.2, 0) is 17.5 Å². The first-order valence-corrected chi connectivity index (χ1v) is 11.1. The monoisotopic (exact) mass is 514 g/mol. The predicted octanol–water partition coefficient (Wildman–Crippen LogP) is 3.83. The van der Waals surface area contributed by atoms with Gasteiger partial charge in [0.2, 0.25) is 5.96 Å². The van der Waals surface area contributed by atoms with Gasteiger partial charge in [0.15, 0.2) is 5.83 Å². The van der Waals surface area contributed by atoms with Gasteiger partial charge in [-0.1, -0.05) is 17.7 Å². The molecule has 0 radical (unpaired) electrons. The molecule has 2 aromatic rings. The summed E-state index contributed by atoms with van der Waals surface area (Å²) in [6.07, 6.45) is -4.47. The topological polar surface area (TPSA) is 93.2 Å². The van der Waals surface area contributed by atoms with E-state index in [1.807, 2.05) is 4.90 Å². The average Bonchev–Trinajstić information content (AvgIpc) is 2.83. The molecule has 2 aliphatic heterocycles. The highest BCUT2D eigenvalue weighted by molar-refractivity contribution is 6.32. The number of anilines is 2. The van der Waals surface area contributed by atoms with Crippen LogP contribution in [0, 0.1) is 0 Å². The second kappa shape index (κ2) is 10.6. The van der Waals surface area contributed by atoms with Crippen LogP contribution in [0.4, 0.5) is 28.9 Å². The van der Waals surface area contributed by atoms with Gasteiger partial charge in [0.25, 0.3) is 0 Å². The van der Waals surface area contributed by atoms with Gasteiger partial charge in [-0.2, -0.15) is 13.2 Å². The maximum Gasteiger partial charge on any atom is 0.416 e. The van der Waals surface area contributed by atoms with E-state index >= 15 is 0 Å². The van der Waals surface area contributed by atoms with Gasteiger partial charge in [0, 0.05) is 36.6 Å². The number of halogens is 5. The van der Waals surface area contributed by atoms with E-state index in [0.717, 1.165) is 12.1 Å². The molecular weight excluding hydrogens is 492 g/mol. The highest BCUT2D eigenvalue weighted by Crippen LogP contribution is 2.34. The number of hydrogen-bond donors (Lipinski definition) is 5. The van der Waals surface area contributed by atoms with Crippen LogP contribution in [0.1, 0.15) is 11.1 Å². The van der Waals surface area contributed by atoms with Crippen molar-refractivity contribution in [1.82, 2.24) is 21.1 Å². The number of aliphatic imine (C=N–C) groups is 1. The Morgan fingerprint density at radius 1 is 1.14 bits per heavy atom.